The number of nitrogens with zero attached hydrogens (tertiary/aromatic N) is 2. The van der Waals surface area contributed by atoms with Crippen LogP contribution in [0.4, 0.5) is 0 Å². The second kappa shape index (κ2) is 13.5. The summed E-state index contributed by atoms with van der Waals surface area (Å²) in [6.45, 7) is 14.3. The van der Waals surface area contributed by atoms with Gasteiger partial charge in [0.15, 0.2) is 0 Å². The zero-order chi connectivity index (χ0) is 16.3. The number of rotatable bonds is 13. The molecule has 2 N–H and O–H groups in total. The maximum atomic E-state index is 5.90. The molecule has 1 saturated heterocycles. The zero-order valence-electron chi connectivity index (χ0n) is 15.1. The van der Waals surface area contributed by atoms with E-state index in [0.29, 0.717) is 19.8 Å². The first-order valence-corrected chi connectivity index (χ1v) is 10.7. The molecule has 8 heteroatoms. The molecule has 0 saturated carbocycles. The Balaban J connectivity index is 0.00000484. The van der Waals surface area contributed by atoms with Crippen LogP contribution < -0.4 is 5.73 Å². The predicted molar refractivity (Wildman–Crippen MR) is 99.0 cm³/mol. The Labute approximate surface area is 149 Å². The minimum absolute atomic E-state index is 0. The van der Waals surface area contributed by atoms with Gasteiger partial charge in [-0.05, 0) is 46.7 Å². The first kappa shape index (κ1) is 23.3. The molecule has 0 aromatic carbocycles. The lowest BCUT2D eigenvalue weighted by Gasteiger charge is -2.29. The molecule has 0 amide bonds. The van der Waals surface area contributed by atoms with E-state index in [9.17, 15) is 0 Å². The van der Waals surface area contributed by atoms with Crippen LogP contribution in [0.15, 0.2) is 0 Å². The summed E-state index contributed by atoms with van der Waals surface area (Å²) in [5.74, 6) is 0. The number of hydrogen-bond acceptors (Lipinski definition) is 6. The van der Waals surface area contributed by atoms with Crippen molar-refractivity contribution in [3.63, 3.8) is 0 Å². The van der Waals surface area contributed by atoms with E-state index in [1.807, 2.05) is 20.8 Å². The van der Waals surface area contributed by atoms with Crippen molar-refractivity contribution in [2.45, 2.75) is 39.7 Å². The molecule has 1 fully saturated rings. The van der Waals surface area contributed by atoms with Gasteiger partial charge < -0.3 is 19.0 Å². The van der Waals surface area contributed by atoms with Gasteiger partial charge in [0.05, 0.1) is 6.67 Å². The highest BCUT2D eigenvalue weighted by atomic mass is 35.5. The van der Waals surface area contributed by atoms with E-state index in [0.717, 1.165) is 58.3 Å². The summed E-state index contributed by atoms with van der Waals surface area (Å²) in [6.07, 6.45) is 2.15. The van der Waals surface area contributed by atoms with E-state index >= 15 is 0 Å². The average Bonchev–Trinajstić information content (AvgIpc) is 2.94. The molecule has 6 nitrogen and oxygen atoms in total. The molecule has 140 valence electrons. The zero-order valence-corrected chi connectivity index (χ0v) is 16.9. The summed E-state index contributed by atoms with van der Waals surface area (Å²) < 4.78 is 17.7. The monoisotopic (exact) mass is 369 g/mol. The summed E-state index contributed by atoms with van der Waals surface area (Å²) in [5.41, 5.74) is 5.58. The predicted octanol–water partition coefficient (Wildman–Crippen LogP) is 1.77. The highest BCUT2D eigenvalue weighted by molar-refractivity contribution is 6.60. The molecular weight excluding hydrogens is 334 g/mol. The Morgan fingerprint density at radius 3 is 1.78 bits per heavy atom. The van der Waals surface area contributed by atoms with Crippen LogP contribution in [-0.4, -0.2) is 77.8 Å². The van der Waals surface area contributed by atoms with Crippen molar-refractivity contribution in [2.75, 3.05) is 59.2 Å². The molecule has 0 aliphatic carbocycles. The van der Waals surface area contributed by atoms with Crippen LogP contribution in [0.25, 0.3) is 0 Å². The van der Waals surface area contributed by atoms with Crippen molar-refractivity contribution in [1.29, 1.82) is 0 Å². The Bertz CT molecular complexity index is 274. The molecule has 0 bridgehead atoms. The quantitative estimate of drug-likeness (QED) is 0.499. The standard InChI is InChI=1S/C15H35N3O3Si.ClH/c1-4-19-22(20-5-2,21-6-3)14-8-11-18-13-12-17(15-18)10-7-9-16;/h4-16H2,1-3H3;1H. The lowest BCUT2D eigenvalue weighted by atomic mass is 10.4. The third-order valence-electron chi connectivity index (χ3n) is 3.86. The van der Waals surface area contributed by atoms with Gasteiger partial charge in [-0.2, -0.15) is 0 Å². The van der Waals surface area contributed by atoms with Gasteiger partial charge in [-0.3, -0.25) is 9.80 Å². The maximum absolute atomic E-state index is 5.90. The molecule has 0 radical (unpaired) electrons. The molecular formula is C15H36ClN3O3Si. The first-order chi connectivity index (χ1) is 10.7. The van der Waals surface area contributed by atoms with Crippen molar-refractivity contribution < 1.29 is 13.3 Å². The van der Waals surface area contributed by atoms with Gasteiger partial charge in [0.2, 0.25) is 0 Å². The largest absolute Gasteiger partial charge is 0.500 e. The highest BCUT2D eigenvalue weighted by Crippen LogP contribution is 2.19. The van der Waals surface area contributed by atoms with Crippen molar-refractivity contribution in [3.05, 3.63) is 0 Å². The smallest absolute Gasteiger partial charge is 0.374 e. The molecule has 1 aliphatic rings. The van der Waals surface area contributed by atoms with Crippen LogP contribution in [0.3, 0.4) is 0 Å². The fourth-order valence-corrected chi connectivity index (χ4v) is 5.50. The fraction of sp³-hybridized carbons (Fsp3) is 1.00. The molecule has 0 unspecified atom stereocenters. The Morgan fingerprint density at radius 2 is 1.35 bits per heavy atom. The number of hydrogen-bond donors (Lipinski definition) is 1. The number of halogens is 1. The van der Waals surface area contributed by atoms with Gasteiger partial charge in [0.25, 0.3) is 0 Å². The lowest BCUT2D eigenvalue weighted by Crippen LogP contribution is -2.46. The molecule has 0 aromatic heterocycles. The van der Waals surface area contributed by atoms with Crippen molar-refractivity contribution >= 4 is 21.2 Å². The molecule has 1 heterocycles. The average molecular weight is 370 g/mol. The summed E-state index contributed by atoms with van der Waals surface area (Å²) in [5, 5.41) is 0. The molecule has 1 rings (SSSR count). The van der Waals surface area contributed by atoms with Crippen LogP contribution in [0.2, 0.25) is 6.04 Å². The highest BCUT2D eigenvalue weighted by Gasteiger charge is 2.39. The summed E-state index contributed by atoms with van der Waals surface area (Å²) in [6, 6.07) is 0.905. The van der Waals surface area contributed by atoms with Gasteiger partial charge in [-0.1, -0.05) is 0 Å². The van der Waals surface area contributed by atoms with Crippen LogP contribution in [0.1, 0.15) is 33.6 Å². The Kier molecular flexibility index (Phi) is 13.7. The Hall–Kier alpha value is 0.267. The van der Waals surface area contributed by atoms with Crippen molar-refractivity contribution in [1.82, 2.24) is 9.80 Å². The molecule has 0 atom stereocenters. The molecule has 1 aliphatic heterocycles. The van der Waals surface area contributed by atoms with Crippen molar-refractivity contribution in [3.8, 4) is 0 Å². The van der Waals surface area contributed by atoms with Crippen molar-refractivity contribution in [2.24, 2.45) is 5.73 Å². The Morgan fingerprint density at radius 1 is 0.870 bits per heavy atom. The topological polar surface area (TPSA) is 60.2 Å². The summed E-state index contributed by atoms with van der Waals surface area (Å²) in [4.78, 5) is 4.98. The van der Waals surface area contributed by atoms with Gasteiger partial charge in [-0.25, -0.2) is 0 Å². The minimum Gasteiger partial charge on any atom is -0.374 e. The molecule has 0 aromatic rings. The first-order valence-electron chi connectivity index (χ1n) is 8.76. The van der Waals surface area contributed by atoms with Gasteiger partial charge >= 0.3 is 8.80 Å². The van der Waals surface area contributed by atoms with Crippen LogP contribution in [0.5, 0.6) is 0 Å². The normalized spacial score (nSPS) is 16.7. The second-order valence-corrected chi connectivity index (χ2v) is 8.34. The van der Waals surface area contributed by atoms with E-state index in [-0.39, 0.29) is 12.4 Å². The maximum Gasteiger partial charge on any atom is 0.500 e. The summed E-state index contributed by atoms with van der Waals surface area (Å²) >= 11 is 0. The lowest BCUT2D eigenvalue weighted by molar-refractivity contribution is 0.0699. The van der Waals surface area contributed by atoms with E-state index in [2.05, 4.69) is 9.80 Å². The van der Waals surface area contributed by atoms with E-state index < -0.39 is 8.80 Å². The van der Waals surface area contributed by atoms with Gasteiger partial charge in [0, 0.05) is 45.5 Å². The third kappa shape index (κ3) is 8.78. The van der Waals surface area contributed by atoms with Crippen LogP contribution >= 0.6 is 12.4 Å². The molecule has 0 spiro atoms. The second-order valence-electron chi connectivity index (χ2n) is 5.61. The third-order valence-corrected chi connectivity index (χ3v) is 7.01. The van der Waals surface area contributed by atoms with E-state index in [4.69, 9.17) is 19.0 Å². The van der Waals surface area contributed by atoms with Gasteiger partial charge in [-0.15, -0.1) is 12.4 Å². The minimum atomic E-state index is -2.46. The SMILES string of the molecule is CCO[Si](CCCN1CCN(CCCN)C1)(OCC)OCC.Cl. The van der Waals surface area contributed by atoms with E-state index in [1.165, 1.54) is 0 Å². The van der Waals surface area contributed by atoms with Crippen LogP contribution in [-0.2, 0) is 13.3 Å². The number of nitrogens with two attached hydrogens (primary N) is 1. The molecule has 23 heavy (non-hydrogen) atoms. The van der Waals surface area contributed by atoms with Gasteiger partial charge in [0.1, 0.15) is 0 Å². The van der Waals surface area contributed by atoms with Crippen LogP contribution in [0, 0.1) is 0 Å². The van der Waals surface area contributed by atoms with E-state index in [1.54, 1.807) is 0 Å². The summed E-state index contributed by atoms with van der Waals surface area (Å²) in [7, 11) is -2.46. The fourth-order valence-electron chi connectivity index (χ4n) is 2.91.